The van der Waals surface area contributed by atoms with Crippen LogP contribution in [0, 0.1) is 5.92 Å². The summed E-state index contributed by atoms with van der Waals surface area (Å²) < 4.78 is 13.4. The zero-order valence-electron chi connectivity index (χ0n) is 25.1. The van der Waals surface area contributed by atoms with Crippen molar-refractivity contribution in [3.8, 4) is 11.1 Å². The Kier molecular flexibility index (Phi) is 10.0. The number of nitrogens with one attached hydrogen (secondary N) is 1. The maximum Gasteiger partial charge on any atom is 0.251 e. The molecule has 7 heteroatoms. The molecular weight excluding hydrogens is 580 g/mol. The number of ether oxygens (including phenoxy) is 2. The Labute approximate surface area is 268 Å². The summed E-state index contributed by atoms with van der Waals surface area (Å²) in [5.74, 6) is 0.725. The van der Waals surface area contributed by atoms with Crippen molar-refractivity contribution < 1.29 is 19.4 Å². The van der Waals surface area contributed by atoms with Gasteiger partial charge in [0.15, 0.2) is 6.29 Å². The summed E-state index contributed by atoms with van der Waals surface area (Å²) in [5.41, 5.74) is 6.60. The van der Waals surface area contributed by atoms with Crippen LogP contribution in [0.25, 0.3) is 11.1 Å². The van der Waals surface area contributed by atoms with Gasteiger partial charge in [0.2, 0.25) is 0 Å². The lowest BCUT2D eigenvalue weighted by Gasteiger charge is -2.41. The van der Waals surface area contributed by atoms with E-state index in [0.29, 0.717) is 12.1 Å². The van der Waals surface area contributed by atoms with Crippen LogP contribution in [0.2, 0.25) is 0 Å². The van der Waals surface area contributed by atoms with E-state index in [4.69, 9.17) is 9.47 Å². The van der Waals surface area contributed by atoms with Gasteiger partial charge in [-0.2, -0.15) is 0 Å². The zero-order chi connectivity index (χ0) is 31.0. The fourth-order valence-electron chi connectivity index (χ4n) is 5.51. The molecule has 45 heavy (non-hydrogen) atoms. The Hall–Kier alpha value is -4.27. The van der Waals surface area contributed by atoms with Crippen molar-refractivity contribution in [3.05, 3.63) is 155 Å². The van der Waals surface area contributed by atoms with Gasteiger partial charge in [-0.15, -0.1) is 11.8 Å². The molecule has 6 nitrogen and oxygen atoms in total. The van der Waals surface area contributed by atoms with Crippen molar-refractivity contribution in [2.75, 3.05) is 5.75 Å². The smallest absolute Gasteiger partial charge is 0.251 e. The number of carbonyl (C=O) groups excluding carboxylic acids is 1. The molecule has 0 bridgehead atoms. The Morgan fingerprint density at radius 3 is 2.31 bits per heavy atom. The molecule has 4 aromatic carbocycles. The van der Waals surface area contributed by atoms with Crippen LogP contribution in [-0.2, 0) is 22.6 Å². The second kappa shape index (κ2) is 14.7. The standard InChI is InChI=1S/C38H36N2O4S/c1-26-34(25-45-35-15-5-6-20-39-35)43-38(44-36(26)29-18-16-27(24-41)17-19-29)33-14-8-13-32(22-33)31-12-7-9-28(21-31)23-40-37(42)30-10-3-2-4-11-30/h2-22,26,34,36,38,41H,23-25H2,1H3,(H,40,42)/t26-,34+,36+,38+/m1/s1. The van der Waals surface area contributed by atoms with E-state index in [1.165, 1.54) is 0 Å². The second-order valence-electron chi connectivity index (χ2n) is 11.2. The first-order chi connectivity index (χ1) is 22.1. The molecule has 0 unspecified atom stereocenters. The lowest BCUT2D eigenvalue weighted by atomic mass is 9.91. The molecule has 0 aliphatic carbocycles. The molecule has 0 radical (unpaired) electrons. The average molecular weight is 617 g/mol. The van der Waals surface area contributed by atoms with Crippen molar-refractivity contribution in [1.29, 1.82) is 0 Å². The van der Waals surface area contributed by atoms with Crippen LogP contribution in [0.15, 0.2) is 133 Å². The van der Waals surface area contributed by atoms with E-state index in [2.05, 4.69) is 41.5 Å². The Balaban J connectivity index is 1.22. The second-order valence-corrected chi connectivity index (χ2v) is 12.2. The number of carbonyl (C=O) groups is 1. The summed E-state index contributed by atoms with van der Waals surface area (Å²) in [4.78, 5) is 17.1. The highest BCUT2D eigenvalue weighted by atomic mass is 32.2. The molecule has 1 aromatic heterocycles. The van der Waals surface area contributed by atoms with Crippen LogP contribution in [0.1, 0.15) is 51.9 Å². The highest BCUT2D eigenvalue weighted by Crippen LogP contribution is 2.43. The lowest BCUT2D eigenvalue weighted by molar-refractivity contribution is -0.268. The molecule has 1 aliphatic rings. The van der Waals surface area contributed by atoms with Crippen molar-refractivity contribution in [1.82, 2.24) is 10.3 Å². The van der Waals surface area contributed by atoms with Crippen molar-refractivity contribution in [3.63, 3.8) is 0 Å². The van der Waals surface area contributed by atoms with Gasteiger partial charge in [-0.3, -0.25) is 4.79 Å². The minimum atomic E-state index is -0.564. The highest BCUT2D eigenvalue weighted by Gasteiger charge is 2.38. The lowest BCUT2D eigenvalue weighted by Crippen LogP contribution is -2.38. The largest absolute Gasteiger partial charge is 0.392 e. The molecule has 0 spiro atoms. The fraction of sp³-hybridized carbons (Fsp3) is 0.211. The first kappa shape index (κ1) is 30.7. The number of rotatable bonds is 10. The average Bonchev–Trinajstić information content (AvgIpc) is 3.11. The van der Waals surface area contributed by atoms with Crippen LogP contribution < -0.4 is 5.32 Å². The predicted octanol–water partition coefficient (Wildman–Crippen LogP) is 7.75. The zero-order valence-corrected chi connectivity index (χ0v) is 25.9. The number of nitrogens with zero attached hydrogens (tertiary/aromatic N) is 1. The molecule has 1 fully saturated rings. The van der Waals surface area contributed by atoms with Crippen molar-refractivity contribution in [2.24, 2.45) is 5.92 Å². The summed E-state index contributed by atoms with van der Waals surface area (Å²) in [7, 11) is 0. The Morgan fingerprint density at radius 2 is 1.56 bits per heavy atom. The van der Waals surface area contributed by atoms with Crippen molar-refractivity contribution in [2.45, 2.75) is 43.6 Å². The number of hydrogen-bond donors (Lipinski definition) is 2. The third-order valence-corrected chi connectivity index (χ3v) is 9.10. The van der Waals surface area contributed by atoms with E-state index >= 15 is 0 Å². The normalized spacial score (nSPS) is 19.6. The van der Waals surface area contributed by atoms with E-state index in [1.54, 1.807) is 11.8 Å². The number of pyridine rings is 1. The number of thioether (sulfide) groups is 1. The van der Waals surface area contributed by atoms with Gasteiger partial charge < -0.3 is 19.9 Å². The summed E-state index contributed by atoms with van der Waals surface area (Å²) in [6, 6.07) is 39.6. The number of aliphatic hydroxyl groups excluding tert-OH is 1. The Bertz CT molecular complexity index is 1700. The van der Waals surface area contributed by atoms with E-state index in [1.807, 2.05) is 103 Å². The molecule has 4 atom stereocenters. The topological polar surface area (TPSA) is 80.7 Å². The number of hydrogen-bond acceptors (Lipinski definition) is 6. The number of amides is 1. The van der Waals surface area contributed by atoms with E-state index in [-0.39, 0.29) is 30.6 Å². The van der Waals surface area contributed by atoms with Gasteiger partial charge >= 0.3 is 0 Å². The Morgan fingerprint density at radius 1 is 0.800 bits per heavy atom. The fourth-order valence-corrected chi connectivity index (χ4v) is 6.54. The molecule has 1 saturated heterocycles. The minimum absolute atomic E-state index is 0.00379. The number of benzene rings is 4. The van der Waals surface area contributed by atoms with Gasteiger partial charge in [-0.1, -0.05) is 91.9 Å². The quantitative estimate of drug-likeness (QED) is 0.156. The molecule has 0 saturated carbocycles. The highest BCUT2D eigenvalue weighted by molar-refractivity contribution is 7.99. The van der Waals surface area contributed by atoms with Gasteiger partial charge in [-0.05, 0) is 64.2 Å². The molecule has 5 aromatic rings. The van der Waals surface area contributed by atoms with Crippen LogP contribution in [0.3, 0.4) is 0 Å². The van der Waals surface area contributed by atoms with E-state index < -0.39 is 6.29 Å². The summed E-state index contributed by atoms with van der Waals surface area (Å²) >= 11 is 1.68. The third kappa shape index (κ3) is 7.70. The first-order valence-electron chi connectivity index (χ1n) is 15.1. The van der Waals surface area contributed by atoms with Gasteiger partial charge in [0.1, 0.15) is 0 Å². The van der Waals surface area contributed by atoms with Crippen molar-refractivity contribution >= 4 is 17.7 Å². The molecule has 2 heterocycles. The molecule has 1 aliphatic heterocycles. The maximum absolute atomic E-state index is 12.6. The van der Waals surface area contributed by atoms with Crippen LogP contribution in [-0.4, -0.2) is 27.9 Å². The van der Waals surface area contributed by atoms with E-state index in [9.17, 15) is 9.90 Å². The summed E-state index contributed by atoms with van der Waals surface area (Å²) in [6.45, 7) is 2.60. The minimum Gasteiger partial charge on any atom is -0.392 e. The first-order valence-corrected chi connectivity index (χ1v) is 16.1. The molecule has 6 rings (SSSR count). The molecular formula is C38H36N2O4S. The van der Waals surface area contributed by atoms with Crippen LogP contribution >= 0.6 is 11.8 Å². The van der Waals surface area contributed by atoms with Gasteiger partial charge in [0.05, 0.1) is 23.8 Å². The van der Waals surface area contributed by atoms with E-state index in [0.717, 1.165) is 44.2 Å². The predicted molar refractivity (Wildman–Crippen MR) is 177 cm³/mol. The van der Waals surface area contributed by atoms with Gasteiger partial charge in [-0.25, -0.2) is 4.98 Å². The third-order valence-electron chi connectivity index (χ3n) is 8.06. The van der Waals surface area contributed by atoms with Crippen LogP contribution in [0.4, 0.5) is 0 Å². The monoisotopic (exact) mass is 616 g/mol. The number of aliphatic hydroxyl groups is 1. The molecule has 2 N–H and O–H groups in total. The SMILES string of the molecule is C[C@@H]1[C@H](CSc2ccccn2)O[C@H](c2cccc(-c3cccc(CNC(=O)c4ccccc4)c3)c2)O[C@@H]1c1ccc(CO)cc1. The maximum atomic E-state index is 12.6. The molecule has 228 valence electrons. The van der Waals surface area contributed by atoms with Crippen LogP contribution in [0.5, 0.6) is 0 Å². The summed E-state index contributed by atoms with van der Waals surface area (Å²) in [6.07, 6.45) is 0.971. The summed E-state index contributed by atoms with van der Waals surface area (Å²) in [5, 5.41) is 13.5. The number of aromatic nitrogens is 1. The van der Waals surface area contributed by atoms with Gasteiger partial charge in [0, 0.05) is 35.5 Å². The van der Waals surface area contributed by atoms with Gasteiger partial charge in [0.25, 0.3) is 5.91 Å². The molecule has 1 amide bonds.